The first-order chi connectivity index (χ1) is 7.70. The molecule has 1 amide bonds. The van der Waals surface area contributed by atoms with E-state index in [1.807, 2.05) is 6.92 Å². The van der Waals surface area contributed by atoms with Crippen LogP contribution in [0, 0.1) is 6.92 Å². The van der Waals surface area contributed by atoms with Crippen LogP contribution in [0.4, 0.5) is 5.82 Å². The van der Waals surface area contributed by atoms with Gasteiger partial charge in [-0.2, -0.15) is 0 Å². The van der Waals surface area contributed by atoms with Gasteiger partial charge in [0.25, 0.3) is 0 Å². The molecule has 1 aromatic rings. The summed E-state index contributed by atoms with van der Waals surface area (Å²) < 4.78 is 0. The van der Waals surface area contributed by atoms with E-state index < -0.39 is 0 Å². The summed E-state index contributed by atoms with van der Waals surface area (Å²) in [6.07, 6.45) is 2.28. The Balaban J connectivity index is 2.15. The molecule has 0 aromatic carbocycles. The lowest BCUT2D eigenvalue weighted by Crippen LogP contribution is -2.20. The molecular weight excluding hydrogens is 202 g/mol. The highest BCUT2D eigenvalue weighted by molar-refractivity contribution is 5.86. The van der Waals surface area contributed by atoms with E-state index in [0.717, 1.165) is 30.0 Å². The fourth-order valence-corrected chi connectivity index (χ4v) is 1.79. The Morgan fingerprint density at radius 3 is 3.31 bits per heavy atom. The second-order valence-electron chi connectivity index (χ2n) is 3.84. The summed E-state index contributed by atoms with van der Waals surface area (Å²) in [4.78, 5) is 15.5. The van der Waals surface area contributed by atoms with Crippen LogP contribution in [-0.2, 0) is 17.8 Å². The summed E-state index contributed by atoms with van der Waals surface area (Å²) >= 11 is 0. The largest absolute Gasteiger partial charge is 0.370 e. The number of aromatic nitrogens is 1. The molecule has 84 valence electrons. The predicted octanol–water partition coefficient (Wildman–Crippen LogP) is 1.16. The molecule has 1 aliphatic heterocycles. The molecule has 1 aromatic heterocycles. The van der Waals surface area contributed by atoms with E-state index in [9.17, 15) is 4.79 Å². The number of rotatable bonds is 3. The Morgan fingerprint density at radius 2 is 2.56 bits per heavy atom. The number of fused-ring (bicyclic) bond motifs is 1. The van der Waals surface area contributed by atoms with Gasteiger partial charge in [0.2, 0.25) is 5.91 Å². The van der Waals surface area contributed by atoms with E-state index in [0.29, 0.717) is 6.54 Å². The number of carbonyl (C=O) groups excluding carboxylic acids is 1. The van der Waals surface area contributed by atoms with Gasteiger partial charge in [0, 0.05) is 18.8 Å². The Hall–Kier alpha value is -1.84. The van der Waals surface area contributed by atoms with Crippen LogP contribution >= 0.6 is 0 Å². The van der Waals surface area contributed by atoms with Crippen LogP contribution in [0.25, 0.3) is 0 Å². The molecule has 0 fully saturated rings. The van der Waals surface area contributed by atoms with Crippen LogP contribution in [0.15, 0.2) is 18.7 Å². The number of nitrogens with one attached hydrogen (secondary N) is 2. The van der Waals surface area contributed by atoms with E-state index in [-0.39, 0.29) is 5.91 Å². The van der Waals surface area contributed by atoms with Crippen molar-refractivity contribution in [3.8, 4) is 0 Å². The van der Waals surface area contributed by atoms with E-state index in [1.54, 1.807) is 0 Å². The van der Waals surface area contributed by atoms with Crippen LogP contribution in [0.1, 0.15) is 16.8 Å². The van der Waals surface area contributed by atoms with Crippen molar-refractivity contribution in [3.05, 3.63) is 35.5 Å². The van der Waals surface area contributed by atoms with Gasteiger partial charge in [-0.1, -0.05) is 6.58 Å². The third-order valence-electron chi connectivity index (χ3n) is 2.72. The zero-order valence-electron chi connectivity index (χ0n) is 9.34. The number of pyridine rings is 1. The highest BCUT2D eigenvalue weighted by atomic mass is 16.1. The number of aryl methyl sites for hydroxylation is 1. The fourth-order valence-electron chi connectivity index (χ4n) is 1.79. The predicted molar refractivity (Wildman–Crippen MR) is 63.2 cm³/mol. The molecule has 2 rings (SSSR count). The third-order valence-corrected chi connectivity index (χ3v) is 2.72. The standard InChI is InChI=1S/C12H15N3O/c1-3-11(16)14-7-10-6-9-4-5-13-12(9)15-8(10)2/h3,6H,1,4-5,7H2,2H3,(H,13,15)(H,14,16). The maximum absolute atomic E-state index is 11.1. The second-order valence-corrected chi connectivity index (χ2v) is 3.84. The van der Waals surface area contributed by atoms with Crippen molar-refractivity contribution in [3.63, 3.8) is 0 Å². The van der Waals surface area contributed by atoms with Gasteiger partial charge < -0.3 is 10.6 Å². The van der Waals surface area contributed by atoms with E-state index in [4.69, 9.17) is 0 Å². The zero-order valence-corrected chi connectivity index (χ0v) is 9.34. The van der Waals surface area contributed by atoms with Crippen molar-refractivity contribution in [2.24, 2.45) is 0 Å². The van der Waals surface area contributed by atoms with Crippen molar-refractivity contribution >= 4 is 11.7 Å². The number of nitrogens with zero attached hydrogens (tertiary/aromatic N) is 1. The van der Waals surface area contributed by atoms with Gasteiger partial charge in [0.15, 0.2) is 0 Å². The van der Waals surface area contributed by atoms with E-state index in [1.165, 1.54) is 11.6 Å². The fraction of sp³-hybridized carbons (Fsp3) is 0.333. The number of anilines is 1. The maximum Gasteiger partial charge on any atom is 0.243 e. The van der Waals surface area contributed by atoms with Crippen molar-refractivity contribution < 1.29 is 4.79 Å². The summed E-state index contributed by atoms with van der Waals surface area (Å²) in [6.45, 7) is 6.83. The van der Waals surface area contributed by atoms with Gasteiger partial charge >= 0.3 is 0 Å². The smallest absolute Gasteiger partial charge is 0.243 e. The third kappa shape index (κ3) is 2.05. The van der Waals surface area contributed by atoms with Crippen molar-refractivity contribution in [2.75, 3.05) is 11.9 Å². The molecule has 0 unspecified atom stereocenters. The highest BCUT2D eigenvalue weighted by Crippen LogP contribution is 2.22. The number of carbonyl (C=O) groups is 1. The Morgan fingerprint density at radius 1 is 1.75 bits per heavy atom. The van der Waals surface area contributed by atoms with Gasteiger partial charge in [0.1, 0.15) is 5.82 Å². The molecule has 0 saturated heterocycles. The molecule has 0 bridgehead atoms. The quantitative estimate of drug-likeness (QED) is 0.747. The van der Waals surface area contributed by atoms with Crippen molar-refractivity contribution in [1.82, 2.24) is 10.3 Å². The monoisotopic (exact) mass is 217 g/mol. The Labute approximate surface area is 94.8 Å². The molecule has 4 heteroatoms. The maximum atomic E-state index is 11.1. The molecule has 0 saturated carbocycles. The van der Waals surface area contributed by atoms with Crippen LogP contribution in [0.3, 0.4) is 0 Å². The summed E-state index contributed by atoms with van der Waals surface area (Å²) in [5.74, 6) is 0.828. The average molecular weight is 217 g/mol. The summed E-state index contributed by atoms with van der Waals surface area (Å²) in [7, 11) is 0. The molecule has 1 aliphatic rings. The van der Waals surface area contributed by atoms with Crippen LogP contribution < -0.4 is 10.6 Å². The lowest BCUT2D eigenvalue weighted by Gasteiger charge is -2.08. The number of hydrogen-bond acceptors (Lipinski definition) is 3. The zero-order chi connectivity index (χ0) is 11.5. The van der Waals surface area contributed by atoms with Gasteiger partial charge in [0.05, 0.1) is 0 Å². The van der Waals surface area contributed by atoms with Crippen LogP contribution in [-0.4, -0.2) is 17.4 Å². The molecular formula is C12H15N3O. The SMILES string of the molecule is C=CC(=O)NCc1cc2c(nc1C)NCC2. The van der Waals surface area contributed by atoms with Gasteiger partial charge in [-0.25, -0.2) is 4.98 Å². The minimum absolute atomic E-state index is 0.155. The topological polar surface area (TPSA) is 54.0 Å². The first kappa shape index (κ1) is 10.7. The lowest BCUT2D eigenvalue weighted by atomic mass is 10.1. The van der Waals surface area contributed by atoms with E-state index in [2.05, 4.69) is 28.3 Å². The first-order valence-corrected chi connectivity index (χ1v) is 5.34. The molecule has 4 nitrogen and oxygen atoms in total. The molecule has 0 atom stereocenters. The summed E-state index contributed by atoms with van der Waals surface area (Å²) in [6, 6.07) is 2.11. The molecule has 2 N–H and O–H groups in total. The van der Waals surface area contributed by atoms with Crippen molar-refractivity contribution in [2.45, 2.75) is 19.9 Å². The molecule has 2 heterocycles. The molecule has 0 aliphatic carbocycles. The number of amides is 1. The van der Waals surface area contributed by atoms with Crippen LogP contribution in [0.2, 0.25) is 0 Å². The molecule has 0 radical (unpaired) electrons. The van der Waals surface area contributed by atoms with Crippen LogP contribution in [0.5, 0.6) is 0 Å². The lowest BCUT2D eigenvalue weighted by molar-refractivity contribution is -0.116. The van der Waals surface area contributed by atoms with Gasteiger partial charge in [-0.15, -0.1) is 0 Å². The average Bonchev–Trinajstić information content (AvgIpc) is 2.72. The van der Waals surface area contributed by atoms with Gasteiger partial charge in [-0.3, -0.25) is 4.79 Å². The Bertz CT molecular complexity index is 440. The summed E-state index contributed by atoms with van der Waals surface area (Å²) in [5.41, 5.74) is 3.25. The normalized spacial score (nSPS) is 12.8. The highest BCUT2D eigenvalue weighted by Gasteiger charge is 2.13. The summed E-state index contributed by atoms with van der Waals surface area (Å²) in [5, 5.41) is 5.99. The molecule has 0 spiro atoms. The second kappa shape index (κ2) is 4.35. The minimum Gasteiger partial charge on any atom is -0.370 e. The number of hydrogen-bond donors (Lipinski definition) is 2. The first-order valence-electron chi connectivity index (χ1n) is 5.34. The van der Waals surface area contributed by atoms with E-state index >= 15 is 0 Å². The van der Waals surface area contributed by atoms with Crippen molar-refractivity contribution in [1.29, 1.82) is 0 Å². The molecule has 16 heavy (non-hydrogen) atoms. The van der Waals surface area contributed by atoms with Gasteiger partial charge in [-0.05, 0) is 36.6 Å². The Kier molecular flexibility index (Phi) is 2.90. The minimum atomic E-state index is -0.155.